The minimum atomic E-state index is 0.0535. The number of nitrogens with one attached hydrogen (secondary N) is 2. The molecule has 0 saturated carbocycles. The first-order valence-electron chi connectivity index (χ1n) is 6.96. The Morgan fingerprint density at radius 1 is 0.682 bits per heavy atom. The fourth-order valence-electron chi connectivity index (χ4n) is 1.88. The van der Waals surface area contributed by atoms with E-state index in [4.69, 9.17) is 0 Å². The molecule has 4 nitrogen and oxygen atoms in total. The van der Waals surface area contributed by atoms with Gasteiger partial charge in [-0.1, -0.05) is 0 Å². The highest BCUT2D eigenvalue weighted by Crippen LogP contribution is 2.11. The van der Waals surface area contributed by atoms with Crippen molar-refractivity contribution >= 4 is 22.9 Å². The summed E-state index contributed by atoms with van der Waals surface area (Å²) in [4.78, 5) is 22.3. The van der Waals surface area contributed by atoms with Gasteiger partial charge in [-0.25, -0.2) is 0 Å². The van der Waals surface area contributed by atoms with E-state index in [1.165, 1.54) is 0 Å². The quantitative estimate of drug-likeness (QED) is 0.788. The summed E-state index contributed by atoms with van der Waals surface area (Å²) < 4.78 is 0. The van der Waals surface area contributed by atoms with Gasteiger partial charge in [-0.15, -0.1) is 0 Å². The summed E-state index contributed by atoms with van der Waals surface area (Å²) in [6.45, 7) is 3.09. The van der Waals surface area contributed by atoms with E-state index in [2.05, 4.69) is 10.6 Å². The van der Waals surface area contributed by atoms with Crippen molar-refractivity contribution in [2.75, 3.05) is 10.6 Å². The van der Waals surface area contributed by atoms with Crippen LogP contribution in [-0.4, -0.2) is 11.6 Å². The van der Waals surface area contributed by atoms with Crippen LogP contribution in [0.1, 0.15) is 34.6 Å². The van der Waals surface area contributed by atoms with Crippen LogP contribution in [0.25, 0.3) is 0 Å². The van der Waals surface area contributed by atoms with Gasteiger partial charge in [-0.2, -0.15) is 0 Å². The summed E-state index contributed by atoms with van der Waals surface area (Å²) >= 11 is 0. The van der Waals surface area contributed by atoms with Crippen molar-refractivity contribution in [3.63, 3.8) is 0 Å². The van der Waals surface area contributed by atoms with Crippen molar-refractivity contribution in [1.82, 2.24) is 0 Å². The van der Waals surface area contributed by atoms with Crippen molar-refractivity contribution in [3.8, 4) is 0 Å². The minimum absolute atomic E-state index is 0.0535. The maximum atomic E-state index is 11.2. The van der Waals surface area contributed by atoms with Gasteiger partial charge in [0.25, 0.3) is 0 Å². The normalized spacial score (nSPS) is 10.5. The average Bonchev–Trinajstić information content (AvgIpc) is 2.52. The van der Waals surface area contributed by atoms with Gasteiger partial charge in [0.05, 0.1) is 0 Å². The molecular formula is C18H18N2O2. The van der Waals surface area contributed by atoms with Crippen LogP contribution in [0.2, 0.25) is 0 Å². The number of carbonyl (C=O) groups is 2. The number of carbonyl (C=O) groups excluding carboxylic acids is 2. The molecule has 0 bridgehead atoms. The lowest BCUT2D eigenvalue weighted by atomic mass is 10.1. The molecule has 2 aromatic rings. The van der Waals surface area contributed by atoms with Gasteiger partial charge in [0, 0.05) is 34.9 Å². The molecule has 2 rings (SSSR count). The number of hydrogen-bond donors (Lipinski definition) is 2. The molecule has 0 aliphatic heterocycles. The second-order valence-electron chi connectivity index (χ2n) is 4.89. The number of ketones is 2. The molecule has 0 saturated heterocycles. The van der Waals surface area contributed by atoms with Gasteiger partial charge >= 0.3 is 0 Å². The largest absolute Gasteiger partial charge is 0.360 e. The molecule has 0 fully saturated rings. The van der Waals surface area contributed by atoms with E-state index in [1.807, 2.05) is 24.3 Å². The molecular weight excluding hydrogens is 276 g/mol. The van der Waals surface area contributed by atoms with Gasteiger partial charge in [-0.05, 0) is 62.4 Å². The maximum Gasteiger partial charge on any atom is 0.159 e. The monoisotopic (exact) mass is 294 g/mol. The molecule has 112 valence electrons. The van der Waals surface area contributed by atoms with E-state index in [-0.39, 0.29) is 11.6 Å². The lowest BCUT2D eigenvalue weighted by Gasteiger charge is -2.04. The summed E-state index contributed by atoms with van der Waals surface area (Å²) in [5.41, 5.74) is 3.18. The smallest absolute Gasteiger partial charge is 0.159 e. The van der Waals surface area contributed by atoms with Crippen LogP contribution < -0.4 is 10.6 Å². The highest BCUT2D eigenvalue weighted by Gasteiger charge is 1.98. The molecule has 0 heterocycles. The Balaban J connectivity index is 1.87. The van der Waals surface area contributed by atoms with Gasteiger partial charge in [0.1, 0.15) is 0 Å². The molecule has 0 unspecified atom stereocenters. The first-order valence-corrected chi connectivity index (χ1v) is 6.96. The molecule has 0 atom stereocenters. The second-order valence-corrected chi connectivity index (χ2v) is 4.89. The van der Waals surface area contributed by atoms with Crippen molar-refractivity contribution in [2.24, 2.45) is 0 Å². The average molecular weight is 294 g/mol. The third-order valence-corrected chi connectivity index (χ3v) is 3.17. The first-order chi connectivity index (χ1) is 10.6. The number of Topliss-reactive ketones (excluding diaryl/α,β-unsaturated/α-hetero) is 2. The number of rotatable bonds is 6. The van der Waals surface area contributed by atoms with Crippen LogP contribution in [-0.2, 0) is 0 Å². The second kappa shape index (κ2) is 7.22. The zero-order chi connectivity index (χ0) is 15.9. The fourth-order valence-corrected chi connectivity index (χ4v) is 1.88. The Kier molecular flexibility index (Phi) is 5.09. The van der Waals surface area contributed by atoms with E-state index in [0.29, 0.717) is 11.1 Å². The molecule has 0 aromatic heterocycles. The summed E-state index contributed by atoms with van der Waals surface area (Å²) in [5.74, 6) is 0.107. The molecule has 2 N–H and O–H groups in total. The van der Waals surface area contributed by atoms with Gasteiger partial charge in [0.2, 0.25) is 0 Å². The molecule has 0 spiro atoms. The molecule has 22 heavy (non-hydrogen) atoms. The van der Waals surface area contributed by atoms with Gasteiger partial charge in [-0.3, -0.25) is 9.59 Å². The van der Waals surface area contributed by atoms with Crippen molar-refractivity contribution < 1.29 is 9.59 Å². The Bertz CT molecular complexity index is 625. The third-order valence-electron chi connectivity index (χ3n) is 3.17. The van der Waals surface area contributed by atoms with Crippen LogP contribution in [0.4, 0.5) is 11.4 Å². The molecule has 0 aliphatic carbocycles. The van der Waals surface area contributed by atoms with Crippen LogP contribution in [0, 0.1) is 0 Å². The van der Waals surface area contributed by atoms with E-state index < -0.39 is 0 Å². The van der Waals surface area contributed by atoms with E-state index in [9.17, 15) is 9.59 Å². The molecule has 0 radical (unpaired) electrons. The van der Waals surface area contributed by atoms with Crippen LogP contribution in [0.3, 0.4) is 0 Å². The van der Waals surface area contributed by atoms with E-state index in [0.717, 1.165) is 11.4 Å². The Morgan fingerprint density at radius 2 is 1.00 bits per heavy atom. The van der Waals surface area contributed by atoms with Gasteiger partial charge in [0.15, 0.2) is 11.6 Å². The SMILES string of the molecule is CC(=O)c1ccc(NC=CNc2ccc(C(C)=O)cc2)cc1. The summed E-state index contributed by atoms with van der Waals surface area (Å²) in [5, 5.41) is 6.20. The lowest BCUT2D eigenvalue weighted by molar-refractivity contribution is 0.100. The van der Waals surface area contributed by atoms with Gasteiger partial charge < -0.3 is 10.6 Å². The molecule has 4 heteroatoms. The standard InChI is InChI=1S/C18H18N2O2/c1-13(21)15-3-7-17(8-4-15)19-11-12-20-18-9-5-16(6-10-18)14(2)22/h3-12,19-20H,1-2H3. The summed E-state index contributed by atoms with van der Waals surface area (Å²) in [6, 6.07) is 14.5. The Labute approximate surface area is 129 Å². The van der Waals surface area contributed by atoms with Crippen molar-refractivity contribution in [2.45, 2.75) is 13.8 Å². The Hall–Kier alpha value is -2.88. The third kappa shape index (κ3) is 4.31. The minimum Gasteiger partial charge on any atom is -0.360 e. The zero-order valence-corrected chi connectivity index (χ0v) is 12.6. The lowest BCUT2D eigenvalue weighted by Crippen LogP contribution is -1.95. The topological polar surface area (TPSA) is 58.2 Å². The molecule has 2 aromatic carbocycles. The van der Waals surface area contributed by atoms with Crippen molar-refractivity contribution in [3.05, 3.63) is 72.1 Å². The zero-order valence-electron chi connectivity index (χ0n) is 12.6. The number of anilines is 2. The van der Waals surface area contributed by atoms with Crippen LogP contribution >= 0.6 is 0 Å². The van der Waals surface area contributed by atoms with Crippen LogP contribution in [0.5, 0.6) is 0 Å². The highest BCUT2D eigenvalue weighted by molar-refractivity contribution is 5.94. The molecule has 0 aliphatic rings. The predicted octanol–water partition coefficient (Wildman–Crippen LogP) is 4.09. The summed E-state index contributed by atoms with van der Waals surface area (Å²) in [6.07, 6.45) is 3.53. The van der Waals surface area contributed by atoms with Crippen LogP contribution in [0.15, 0.2) is 60.9 Å². The Morgan fingerprint density at radius 3 is 1.27 bits per heavy atom. The fraction of sp³-hybridized carbons (Fsp3) is 0.111. The van der Waals surface area contributed by atoms with E-state index in [1.54, 1.807) is 50.5 Å². The van der Waals surface area contributed by atoms with Crippen molar-refractivity contribution in [1.29, 1.82) is 0 Å². The number of hydrogen-bond acceptors (Lipinski definition) is 4. The first kappa shape index (κ1) is 15.5. The number of benzene rings is 2. The van der Waals surface area contributed by atoms with E-state index >= 15 is 0 Å². The molecule has 0 amide bonds. The maximum absolute atomic E-state index is 11.2. The summed E-state index contributed by atoms with van der Waals surface area (Å²) in [7, 11) is 0. The highest BCUT2D eigenvalue weighted by atomic mass is 16.1. The predicted molar refractivity (Wildman–Crippen MR) is 89.3 cm³/mol.